The lowest BCUT2D eigenvalue weighted by Gasteiger charge is -2.30. The lowest BCUT2D eigenvalue weighted by atomic mass is 10.1. The van der Waals surface area contributed by atoms with E-state index in [1.54, 1.807) is 29.4 Å². The molecule has 1 N–H and O–H groups in total. The van der Waals surface area contributed by atoms with Crippen LogP contribution in [0.3, 0.4) is 0 Å². The SMILES string of the molecule is O=C(c1ccc(-n2cccn2)c(F)c1)N1CCCC(O)C1. The minimum atomic E-state index is -0.498. The number of benzene rings is 1. The molecule has 0 bridgehead atoms. The number of hydrogen-bond donors (Lipinski definition) is 1. The molecular weight excluding hydrogens is 273 g/mol. The number of rotatable bonds is 2. The molecule has 0 saturated carbocycles. The first kappa shape index (κ1) is 13.8. The minimum Gasteiger partial charge on any atom is -0.391 e. The summed E-state index contributed by atoms with van der Waals surface area (Å²) < 4.78 is 15.5. The zero-order valence-corrected chi connectivity index (χ0v) is 11.4. The van der Waals surface area contributed by atoms with Crippen molar-refractivity contribution in [3.63, 3.8) is 0 Å². The molecule has 1 aliphatic heterocycles. The van der Waals surface area contributed by atoms with E-state index in [9.17, 15) is 14.3 Å². The number of piperidine rings is 1. The van der Waals surface area contributed by atoms with Crippen LogP contribution in [0.25, 0.3) is 5.69 Å². The lowest BCUT2D eigenvalue weighted by Crippen LogP contribution is -2.42. The van der Waals surface area contributed by atoms with E-state index in [0.717, 1.165) is 6.42 Å². The number of β-amino-alcohol motifs (C(OH)–C–C–N with tert-alkyl or cyclic N) is 1. The average molecular weight is 289 g/mol. The highest BCUT2D eigenvalue weighted by atomic mass is 19.1. The molecule has 2 aromatic rings. The molecule has 21 heavy (non-hydrogen) atoms. The van der Waals surface area contributed by atoms with E-state index in [2.05, 4.69) is 5.10 Å². The van der Waals surface area contributed by atoms with Gasteiger partial charge in [-0.3, -0.25) is 4.79 Å². The van der Waals surface area contributed by atoms with Crippen molar-refractivity contribution in [2.24, 2.45) is 0 Å². The summed E-state index contributed by atoms with van der Waals surface area (Å²) in [4.78, 5) is 13.9. The van der Waals surface area contributed by atoms with Crippen molar-refractivity contribution < 1.29 is 14.3 Å². The van der Waals surface area contributed by atoms with Crippen molar-refractivity contribution in [2.45, 2.75) is 18.9 Å². The molecule has 6 heteroatoms. The summed E-state index contributed by atoms with van der Waals surface area (Å²) in [5.41, 5.74) is 0.590. The van der Waals surface area contributed by atoms with Gasteiger partial charge in [0.15, 0.2) is 0 Å². The predicted molar refractivity (Wildman–Crippen MR) is 74.7 cm³/mol. The molecule has 1 aliphatic rings. The van der Waals surface area contributed by atoms with Crippen molar-refractivity contribution in [2.75, 3.05) is 13.1 Å². The quantitative estimate of drug-likeness (QED) is 0.913. The summed E-state index contributed by atoms with van der Waals surface area (Å²) in [6, 6.07) is 6.05. The molecule has 2 heterocycles. The van der Waals surface area contributed by atoms with E-state index in [0.29, 0.717) is 25.2 Å². The smallest absolute Gasteiger partial charge is 0.254 e. The third-order valence-electron chi connectivity index (χ3n) is 3.63. The molecule has 1 aromatic heterocycles. The summed E-state index contributed by atoms with van der Waals surface area (Å²) in [5, 5.41) is 13.6. The number of carbonyl (C=O) groups is 1. The van der Waals surface area contributed by atoms with Crippen LogP contribution in [0.1, 0.15) is 23.2 Å². The molecule has 0 aliphatic carbocycles. The van der Waals surface area contributed by atoms with Crippen molar-refractivity contribution in [1.82, 2.24) is 14.7 Å². The number of likely N-dealkylation sites (tertiary alicyclic amines) is 1. The van der Waals surface area contributed by atoms with Gasteiger partial charge in [-0.15, -0.1) is 0 Å². The fourth-order valence-electron chi connectivity index (χ4n) is 2.56. The Kier molecular flexibility index (Phi) is 3.70. The fraction of sp³-hybridized carbons (Fsp3) is 0.333. The second-order valence-corrected chi connectivity index (χ2v) is 5.16. The Labute approximate surface area is 121 Å². The van der Waals surface area contributed by atoms with Crippen molar-refractivity contribution in [3.8, 4) is 5.69 Å². The molecule has 0 radical (unpaired) electrons. The van der Waals surface area contributed by atoms with E-state index >= 15 is 0 Å². The number of aromatic nitrogens is 2. The van der Waals surface area contributed by atoms with E-state index in [4.69, 9.17) is 0 Å². The van der Waals surface area contributed by atoms with Gasteiger partial charge in [-0.05, 0) is 37.1 Å². The molecule has 1 saturated heterocycles. The normalized spacial score (nSPS) is 18.8. The molecule has 1 fully saturated rings. The van der Waals surface area contributed by atoms with Gasteiger partial charge < -0.3 is 10.0 Å². The number of aliphatic hydroxyl groups excluding tert-OH is 1. The van der Waals surface area contributed by atoms with Crippen LogP contribution in [0.5, 0.6) is 0 Å². The van der Waals surface area contributed by atoms with Gasteiger partial charge in [0.05, 0.1) is 6.10 Å². The summed E-state index contributed by atoms with van der Waals surface area (Å²) in [5.74, 6) is -0.748. The molecule has 1 unspecified atom stereocenters. The molecule has 5 nitrogen and oxygen atoms in total. The first-order valence-corrected chi connectivity index (χ1v) is 6.92. The van der Waals surface area contributed by atoms with Crippen LogP contribution in [-0.4, -0.2) is 44.9 Å². The largest absolute Gasteiger partial charge is 0.391 e. The highest BCUT2D eigenvalue weighted by Gasteiger charge is 2.23. The van der Waals surface area contributed by atoms with Gasteiger partial charge in [0.1, 0.15) is 11.5 Å². The maximum Gasteiger partial charge on any atom is 0.254 e. The van der Waals surface area contributed by atoms with Crippen molar-refractivity contribution in [3.05, 3.63) is 48.0 Å². The monoisotopic (exact) mass is 289 g/mol. The zero-order chi connectivity index (χ0) is 14.8. The molecule has 1 atom stereocenters. The Balaban J connectivity index is 1.83. The summed E-state index contributed by atoms with van der Waals surface area (Å²) in [7, 11) is 0. The first-order chi connectivity index (χ1) is 10.1. The predicted octanol–water partition coefficient (Wildman–Crippen LogP) is 1.61. The minimum absolute atomic E-state index is 0.250. The molecule has 0 spiro atoms. The second-order valence-electron chi connectivity index (χ2n) is 5.16. The summed E-state index contributed by atoms with van der Waals surface area (Å²) in [6.45, 7) is 0.903. The summed E-state index contributed by atoms with van der Waals surface area (Å²) >= 11 is 0. The highest BCUT2D eigenvalue weighted by molar-refractivity contribution is 5.94. The van der Waals surface area contributed by atoms with Crippen LogP contribution in [0, 0.1) is 5.82 Å². The number of nitrogens with zero attached hydrogens (tertiary/aromatic N) is 3. The van der Waals surface area contributed by atoms with Crippen LogP contribution < -0.4 is 0 Å². The number of amides is 1. The van der Waals surface area contributed by atoms with Gasteiger partial charge in [0.2, 0.25) is 0 Å². The zero-order valence-electron chi connectivity index (χ0n) is 11.4. The number of aliphatic hydroxyl groups is 1. The molecule has 1 amide bonds. The molecule has 110 valence electrons. The van der Waals surface area contributed by atoms with Gasteiger partial charge in [0, 0.05) is 31.0 Å². The lowest BCUT2D eigenvalue weighted by molar-refractivity contribution is 0.0473. The average Bonchev–Trinajstić information content (AvgIpc) is 3.00. The Morgan fingerprint density at radius 3 is 2.95 bits per heavy atom. The van der Waals surface area contributed by atoms with Gasteiger partial charge in [0.25, 0.3) is 5.91 Å². The number of hydrogen-bond acceptors (Lipinski definition) is 3. The first-order valence-electron chi connectivity index (χ1n) is 6.92. The van der Waals surface area contributed by atoms with Gasteiger partial charge in [-0.25, -0.2) is 9.07 Å². The van der Waals surface area contributed by atoms with Crippen LogP contribution in [-0.2, 0) is 0 Å². The van der Waals surface area contributed by atoms with Crippen LogP contribution >= 0.6 is 0 Å². The maximum absolute atomic E-state index is 14.1. The Bertz CT molecular complexity index is 642. The third-order valence-corrected chi connectivity index (χ3v) is 3.63. The van der Waals surface area contributed by atoms with Gasteiger partial charge >= 0.3 is 0 Å². The Morgan fingerprint density at radius 1 is 1.43 bits per heavy atom. The maximum atomic E-state index is 14.1. The second kappa shape index (κ2) is 5.65. The van der Waals surface area contributed by atoms with Crippen LogP contribution in [0.15, 0.2) is 36.7 Å². The number of halogens is 1. The summed E-state index contributed by atoms with van der Waals surface area (Å²) in [6.07, 6.45) is 4.18. The molecule has 3 rings (SSSR count). The number of carbonyl (C=O) groups excluding carboxylic acids is 1. The third kappa shape index (κ3) is 2.80. The van der Waals surface area contributed by atoms with Crippen molar-refractivity contribution in [1.29, 1.82) is 0 Å². The van der Waals surface area contributed by atoms with Crippen molar-refractivity contribution >= 4 is 5.91 Å². The van der Waals surface area contributed by atoms with E-state index in [1.807, 2.05) is 0 Å². The van der Waals surface area contributed by atoms with Gasteiger partial charge in [-0.1, -0.05) is 0 Å². The topological polar surface area (TPSA) is 58.4 Å². The van der Waals surface area contributed by atoms with Crippen LogP contribution in [0.4, 0.5) is 4.39 Å². The van der Waals surface area contributed by atoms with E-state index in [1.165, 1.54) is 16.8 Å². The highest BCUT2D eigenvalue weighted by Crippen LogP contribution is 2.18. The standard InChI is InChI=1S/C15H16FN3O2/c16-13-9-11(4-5-14(13)19-8-2-6-17-19)15(21)18-7-1-3-12(20)10-18/h2,4-6,8-9,12,20H,1,3,7,10H2. The van der Waals surface area contributed by atoms with Gasteiger partial charge in [-0.2, -0.15) is 5.10 Å². The Hall–Kier alpha value is -2.21. The Morgan fingerprint density at radius 2 is 2.29 bits per heavy atom. The van der Waals surface area contributed by atoms with Crippen LogP contribution in [0.2, 0.25) is 0 Å². The molecule has 1 aromatic carbocycles. The molecular formula is C15H16FN3O2. The fourth-order valence-corrected chi connectivity index (χ4v) is 2.56. The van der Waals surface area contributed by atoms with E-state index < -0.39 is 11.9 Å². The van der Waals surface area contributed by atoms with E-state index in [-0.39, 0.29) is 11.5 Å².